The molecular weight excluding hydrogens is 705 g/mol. The van der Waals surface area contributed by atoms with E-state index < -0.39 is 31.0 Å². The molecule has 8 heteroatoms. The largest absolute Gasteiger partial charge is 0.497 e. The van der Waals surface area contributed by atoms with Gasteiger partial charge in [0.25, 0.3) is 0 Å². The highest BCUT2D eigenvalue weighted by molar-refractivity contribution is 6.74. The third kappa shape index (κ3) is 9.32. The average Bonchev–Trinajstić information content (AvgIpc) is 3.52. The van der Waals surface area contributed by atoms with Crippen molar-refractivity contribution in [3.63, 3.8) is 0 Å². The van der Waals surface area contributed by atoms with Gasteiger partial charge in [0.1, 0.15) is 17.1 Å². The van der Waals surface area contributed by atoms with E-state index in [1.807, 2.05) is 78.9 Å². The molecule has 2 bridgehead atoms. The van der Waals surface area contributed by atoms with Gasteiger partial charge < -0.3 is 33.2 Å². The van der Waals surface area contributed by atoms with Gasteiger partial charge in [0.05, 0.1) is 52.4 Å². The van der Waals surface area contributed by atoms with Gasteiger partial charge in [-0.2, -0.15) is 0 Å². The fraction of sp³-hybridized carbons (Fsp3) is 0.532. The zero-order chi connectivity index (χ0) is 40.0. The molecule has 7 nitrogen and oxygen atoms in total. The molecule has 55 heavy (non-hydrogen) atoms. The van der Waals surface area contributed by atoms with Crippen molar-refractivity contribution in [1.82, 2.24) is 0 Å². The number of hydrogen-bond donors (Lipinski definition) is 1. The topological polar surface area (TPSA) is 75.6 Å². The molecule has 2 aliphatic carbocycles. The van der Waals surface area contributed by atoms with Crippen LogP contribution < -0.4 is 9.47 Å². The van der Waals surface area contributed by atoms with Gasteiger partial charge in [0.15, 0.2) is 8.32 Å². The van der Waals surface area contributed by atoms with Crippen LogP contribution in [0.5, 0.6) is 11.5 Å². The van der Waals surface area contributed by atoms with E-state index >= 15 is 0 Å². The first kappa shape index (κ1) is 42.9. The van der Waals surface area contributed by atoms with E-state index in [-0.39, 0.29) is 17.1 Å². The van der Waals surface area contributed by atoms with Gasteiger partial charge in [-0.15, -0.1) is 6.58 Å². The van der Waals surface area contributed by atoms with Crippen molar-refractivity contribution in [3.05, 3.63) is 120 Å². The van der Waals surface area contributed by atoms with Crippen molar-refractivity contribution in [2.75, 3.05) is 27.4 Å². The van der Waals surface area contributed by atoms with E-state index in [4.69, 9.17) is 28.1 Å². The first-order valence-corrected chi connectivity index (χ1v) is 22.8. The normalized spacial score (nSPS) is 23.8. The van der Waals surface area contributed by atoms with Crippen molar-refractivity contribution in [3.8, 4) is 11.5 Å². The summed E-state index contributed by atoms with van der Waals surface area (Å²) < 4.78 is 38.5. The van der Waals surface area contributed by atoms with E-state index in [9.17, 15) is 5.11 Å². The molecule has 0 aliphatic heterocycles. The SMILES string of the molecule is C=C[C@@]12CC[C@@H](C[C@]1(O)/C=C\[C@@](COCc1ccc(OC)cc1)(OCc1ccccc1)[C@@H](CCO[Si](C)(C)C(C)(C)C)OCc1ccc(OC)cc1)C2(C)C. The molecule has 2 saturated carbocycles. The molecule has 5 rings (SSSR count). The lowest BCUT2D eigenvalue weighted by molar-refractivity contribution is -0.166. The summed E-state index contributed by atoms with van der Waals surface area (Å²) in [6, 6.07) is 26.1. The second kappa shape index (κ2) is 17.5. The van der Waals surface area contributed by atoms with Gasteiger partial charge >= 0.3 is 0 Å². The number of rotatable bonds is 20. The van der Waals surface area contributed by atoms with Crippen LogP contribution in [0, 0.1) is 16.7 Å². The molecule has 0 amide bonds. The van der Waals surface area contributed by atoms with Crippen molar-refractivity contribution < 1.29 is 33.2 Å². The molecule has 0 heterocycles. The molecule has 0 spiro atoms. The number of benzene rings is 3. The lowest BCUT2D eigenvalue weighted by Crippen LogP contribution is -2.51. The summed E-state index contributed by atoms with van der Waals surface area (Å²) in [5.41, 5.74) is 0.249. The summed E-state index contributed by atoms with van der Waals surface area (Å²) in [5, 5.41) is 12.8. The number of ether oxygens (including phenoxy) is 5. The lowest BCUT2D eigenvalue weighted by Gasteiger charge is -2.45. The highest BCUT2D eigenvalue weighted by atomic mass is 28.4. The molecule has 3 aromatic carbocycles. The zero-order valence-corrected chi connectivity index (χ0v) is 35.9. The van der Waals surface area contributed by atoms with E-state index in [0.717, 1.165) is 41.0 Å². The minimum Gasteiger partial charge on any atom is -0.497 e. The maximum Gasteiger partial charge on any atom is 0.191 e. The molecule has 2 aliphatic rings. The molecular formula is C47H66O7Si. The van der Waals surface area contributed by atoms with Crippen LogP contribution >= 0.6 is 0 Å². The Kier molecular flexibility index (Phi) is 13.6. The molecule has 3 aromatic rings. The van der Waals surface area contributed by atoms with Gasteiger partial charge in [0, 0.05) is 12.0 Å². The Morgan fingerprint density at radius 3 is 1.98 bits per heavy atom. The van der Waals surface area contributed by atoms with E-state index in [1.165, 1.54) is 0 Å². The minimum atomic E-state index is -2.09. The quantitative estimate of drug-likeness (QED) is 0.0906. The van der Waals surface area contributed by atoms with Gasteiger partial charge in [0.2, 0.25) is 0 Å². The van der Waals surface area contributed by atoms with Gasteiger partial charge in [-0.25, -0.2) is 0 Å². The first-order valence-electron chi connectivity index (χ1n) is 19.9. The zero-order valence-electron chi connectivity index (χ0n) is 34.9. The molecule has 1 N–H and O–H groups in total. The van der Waals surface area contributed by atoms with Gasteiger partial charge in [-0.1, -0.05) is 101 Å². The predicted octanol–water partition coefficient (Wildman–Crippen LogP) is 10.5. The first-order chi connectivity index (χ1) is 26.0. The predicted molar refractivity (Wildman–Crippen MR) is 224 cm³/mol. The summed E-state index contributed by atoms with van der Waals surface area (Å²) >= 11 is 0. The average molecular weight is 771 g/mol. The van der Waals surface area contributed by atoms with Crippen LogP contribution in [0.1, 0.15) is 77.0 Å². The number of hydrogen-bond acceptors (Lipinski definition) is 7. The number of methoxy groups -OCH3 is 2. The Morgan fingerprint density at radius 2 is 1.44 bits per heavy atom. The van der Waals surface area contributed by atoms with E-state index in [2.05, 4.69) is 72.5 Å². The van der Waals surface area contributed by atoms with Crippen LogP contribution in [0.25, 0.3) is 0 Å². The molecule has 0 saturated heterocycles. The van der Waals surface area contributed by atoms with Gasteiger partial charge in [-0.05, 0) is 102 Å². The second-order valence-electron chi connectivity index (χ2n) is 17.7. The third-order valence-electron chi connectivity index (χ3n) is 13.3. The maximum absolute atomic E-state index is 12.7. The van der Waals surface area contributed by atoms with Crippen molar-refractivity contribution in [2.24, 2.45) is 16.7 Å². The minimum absolute atomic E-state index is 0.0472. The summed E-state index contributed by atoms with van der Waals surface area (Å²) in [7, 11) is 1.24. The van der Waals surface area contributed by atoms with Crippen molar-refractivity contribution in [1.29, 1.82) is 0 Å². The van der Waals surface area contributed by atoms with Crippen LogP contribution in [0.4, 0.5) is 0 Å². The third-order valence-corrected chi connectivity index (χ3v) is 17.8. The summed E-state index contributed by atoms with van der Waals surface area (Å²) in [6.45, 7) is 21.9. The highest BCUT2D eigenvalue weighted by Crippen LogP contribution is 2.70. The molecule has 0 aromatic heterocycles. The van der Waals surface area contributed by atoms with E-state index in [0.29, 0.717) is 45.2 Å². The Balaban J connectivity index is 1.58. The smallest absolute Gasteiger partial charge is 0.191 e. The van der Waals surface area contributed by atoms with Crippen molar-refractivity contribution in [2.45, 2.75) is 116 Å². The Bertz CT molecular complexity index is 1700. The Morgan fingerprint density at radius 1 is 0.855 bits per heavy atom. The van der Waals surface area contributed by atoms with Crippen LogP contribution in [-0.4, -0.2) is 58.2 Å². The standard InChI is InChI=1S/C47H66O7Si/c1-11-46-27-25-39(44(46,5)6)31-47(46,48)29-28-45(53-34-36-15-13-12-14-16-36,35-51-32-37-17-21-40(49-7)22-18-37)42(26-30-54-55(9,10)43(2,3)4)52-33-38-19-23-41(50-8)24-20-38/h11-24,28-29,39,42,48H,1,25-27,30-35H2,2-10H3/b29-28-/t39-,42+,45-,46-,47+/m0/s1. The van der Waals surface area contributed by atoms with Crippen LogP contribution in [0.3, 0.4) is 0 Å². The number of fused-ring (bicyclic) bond motifs is 2. The molecule has 2 fully saturated rings. The monoisotopic (exact) mass is 770 g/mol. The lowest BCUT2D eigenvalue weighted by atomic mass is 9.63. The second-order valence-corrected chi connectivity index (χ2v) is 22.5. The maximum atomic E-state index is 12.7. The van der Waals surface area contributed by atoms with Crippen LogP contribution in [-0.2, 0) is 38.5 Å². The van der Waals surface area contributed by atoms with E-state index in [1.54, 1.807) is 14.2 Å². The summed E-state index contributed by atoms with van der Waals surface area (Å²) in [6.07, 6.45) is 8.76. The molecule has 300 valence electrons. The molecule has 0 radical (unpaired) electrons. The fourth-order valence-corrected chi connectivity index (χ4v) is 9.54. The van der Waals surface area contributed by atoms with Crippen LogP contribution in [0.15, 0.2) is 104 Å². The fourth-order valence-electron chi connectivity index (χ4n) is 8.47. The molecule has 5 atom stereocenters. The number of aliphatic hydroxyl groups is 1. The molecule has 0 unspecified atom stereocenters. The van der Waals surface area contributed by atoms with Crippen LogP contribution in [0.2, 0.25) is 18.1 Å². The Labute approximate surface area is 332 Å². The Hall–Kier alpha value is -3.24. The summed E-state index contributed by atoms with van der Waals surface area (Å²) in [4.78, 5) is 0. The van der Waals surface area contributed by atoms with Crippen molar-refractivity contribution >= 4 is 8.32 Å². The van der Waals surface area contributed by atoms with Gasteiger partial charge in [-0.3, -0.25) is 0 Å². The highest BCUT2D eigenvalue weighted by Gasteiger charge is 2.68. The summed E-state index contributed by atoms with van der Waals surface area (Å²) in [5.74, 6) is 1.96.